The van der Waals surface area contributed by atoms with E-state index in [4.69, 9.17) is 5.73 Å². The van der Waals surface area contributed by atoms with E-state index in [0.29, 0.717) is 22.8 Å². The largest absolute Gasteiger partial charge is 0.370 e. The van der Waals surface area contributed by atoms with Crippen molar-refractivity contribution >= 4 is 29.0 Å². The van der Waals surface area contributed by atoms with Gasteiger partial charge in [0.2, 0.25) is 5.91 Å². The maximum absolute atomic E-state index is 12.4. The molecule has 0 radical (unpaired) electrons. The van der Waals surface area contributed by atoms with Crippen LogP contribution in [-0.4, -0.2) is 34.6 Å². The Morgan fingerprint density at radius 1 is 1.29 bits per heavy atom. The van der Waals surface area contributed by atoms with E-state index >= 15 is 0 Å². The summed E-state index contributed by atoms with van der Waals surface area (Å²) in [7, 11) is 0. The second kappa shape index (κ2) is 8.11. The van der Waals surface area contributed by atoms with E-state index in [0.717, 1.165) is 13.0 Å². The predicted molar refractivity (Wildman–Crippen MR) is 94.0 cm³/mol. The first-order valence-corrected chi connectivity index (χ1v) is 7.76. The smallest absolute Gasteiger partial charge is 0.261 e. The average Bonchev–Trinajstić information content (AvgIpc) is 3.01. The maximum atomic E-state index is 12.4. The number of hydrogen-bond acceptors (Lipinski definition) is 5. The molecule has 1 aromatic carbocycles. The number of aromatic nitrogens is 2. The molecule has 1 atom stereocenters. The molecule has 8 nitrogen and oxygen atoms in total. The van der Waals surface area contributed by atoms with Gasteiger partial charge in [-0.1, -0.05) is 13.0 Å². The standard InChI is InChI=1S/C16H22N6O2/c1-3-7-18-14-13(9-19-22-14)16(24)21-12-6-4-5-11(8-12)20-15(23)10(2)17/h4-6,8-10H,3,7,17H2,1-2H3,(H,20,23)(H,21,24)(H2,18,19,22)/t10-/m0/s1. The molecule has 0 fully saturated rings. The lowest BCUT2D eigenvalue weighted by Crippen LogP contribution is -2.32. The van der Waals surface area contributed by atoms with Gasteiger partial charge in [0.05, 0.1) is 12.2 Å². The Hall–Kier alpha value is -2.87. The highest BCUT2D eigenvalue weighted by atomic mass is 16.2. The van der Waals surface area contributed by atoms with Gasteiger partial charge < -0.3 is 21.7 Å². The first kappa shape index (κ1) is 17.5. The lowest BCUT2D eigenvalue weighted by molar-refractivity contribution is -0.117. The molecule has 2 rings (SSSR count). The molecule has 0 bridgehead atoms. The highest BCUT2D eigenvalue weighted by Crippen LogP contribution is 2.18. The van der Waals surface area contributed by atoms with E-state index in [-0.39, 0.29) is 11.8 Å². The van der Waals surface area contributed by atoms with Crippen molar-refractivity contribution in [2.75, 3.05) is 22.5 Å². The third kappa shape index (κ3) is 4.56. The fraction of sp³-hybridized carbons (Fsp3) is 0.312. The second-order valence-corrected chi connectivity index (χ2v) is 5.40. The summed E-state index contributed by atoms with van der Waals surface area (Å²) in [5, 5.41) is 15.2. The van der Waals surface area contributed by atoms with Gasteiger partial charge in [0, 0.05) is 17.9 Å². The third-order valence-electron chi connectivity index (χ3n) is 3.24. The van der Waals surface area contributed by atoms with E-state index in [9.17, 15) is 9.59 Å². The molecule has 0 saturated carbocycles. The Labute approximate surface area is 140 Å². The molecule has 24 heavy (non-hydrogen) atoms. The van der Waals surface area contributed by atoms with E-state index < -0.39 is 6.04 Å². The summed E-state index contributed by atoms with van der Waals surface area (Å²) < 4.78 is 0. The van der Waals surface area contributed by atoms with Gasteiger partial charge in [-0.05, 0) is 31.5 Å². The van der Waals surface area contributed by atoms with Crippen molar-refractivity contribution in [3.8, 4) is 0 Å². The monoisotopic (exact) mass is 330 g/mol. The zero-order valence-electron chi connectivity index (χ0n) is 13.7. The Balaban J connectivity index is 2.07. The van der Waals surface area contributed by atoms with E-state index in [1.54, 1.807) is 31.2 Å². The molecular formula is C16H22N6O2. The molecule has 0 unspecified atom stereocenters. The van der Waals surface area contributed by atoms with Crippen LogP contribution in [0.15, 0.2) is 30.5 Å². The highest BCUT2D eigenvalue weighted by Gasteiger charge is 2.14. The number of aromatic amines is 1. The van der Waals surface area contributed by atoms with Crippen LogP contribution in [0.5, 0.6) is 0 Å². The highest BCUT2D eigenvalue weighted by molar-refractivity contribution is 6.07. The Bertz CT molecular complexity index is 710. The molecule has 1 aromatic heterocycles. The van der Waals surface area contributed by atoms with Gasteiger partial charge >= 0.3 is 0 Å². The Kier molecular flexibility index (Phi) is 5.91. The Morgan fingerprint density at radius 3 is 2.67 bits per heavy atom. The van der Waals surface area contributed by atoms with Crippen molar-refractivity contribution in [3.63, 3.8) is 0 Å². The van der Waals surface area contributed by atoms with Crippen LogP contribution in [-0.2, 0) is 4.79 Å². The second-order valence-electron chi connectivity index (χ2n) is 5.40. The van der Waals surface area contributed by atoms with E-state index in [1.165, 1.54) is 6.20 Å². The van der Waals surface area contributed by atoms with Crippen molar-refractivity contribution in [1.82, 2.24) is 10.2 Å². The van der Waals surface area contributed by atoms with Crippen LogP contribution in [0, 0.1) is 0 Å². The van der Waals surface area contributed by atoms with Crippen LogP contribution in [0.1, 0.15) is 30.6 Å². The van der Waals surface area contributed by atoms with Crippen molar-refractivity contribution in [2.45, 2.75) is 26.3 Å². The first-order valence-electron chi connectivity index (χ1n) is 7.76. The van der Waals surface area contributed by atoms with Crippen LogP contribution >= 0.6 is 0 Å². The number of nitrogens with two attached hydrogens (primary N) is 1. The van der Waals surface area contributed by atoms with Crippen molar-refractivity contribution in [2.24, 2.45) is 5.73 Å². The van der Waals surface area contributed by atoms with Gasteiger partial charge in [-0.2, -0.15) is 5.10 Å². The molecule has 1 heterocycles. The lowest BCUT2D eigenvalue weighted by atomic mass is 10.2. The minimum Gasteiger partial charge on any atom is -0.370 e. The van der Waals surface area contributed by atoms with Gasteiger partial charge in [-0.15, -0.1) is 0 Å². The number of amides is 2. The number of anilines is 3. The first-order chi connectivity index (χ1) is 11.5. The molecule has 2 aromatic rings. The molecule has 0 aliphatic rings. The topological polar surface area (TPSA) is 125 Å². The van der Waals surface area contributed by atoms with Crippen LogP contribution in [0.3, 0.4) is 0 Å². The van der Waals surface area contributed by atoms with Gasteiger partial charge in [-0.3, -0.25) is 14.7 Å². The predicted octanol–water partition coefficient (Wildman–Crippen LogP) is 1.77. The molecule has 0 aliphatic heterocycles. The van der Waals surface area contributed by atoms with Crippen molar-refractivity contribution < 1.29 is 9.59 Å². The fourth-order valence-electron chi connectivity index (χ4n) is 1.97. The zero-order chi connectivity index (χ0) is 17.5. The van der Waals surface area contributed by atoms with Crippen molar-refractivity contribution in [1.29, 1.82) is 0 Å². The van der Waals surface area contributed by atoms with Gasteiger partial charge in [0.15, 0.2) is 0 Å². The van der Waals surface area contributed by atoms with Gasteiger partial charge in [0.25, 0.3) is 5.91 Å². The molecule has 8 heteroatoms. The van der Waals surface area contributed by atoms with Gasteiger partial charge in [0.1, 0.15) is 11.4 Å². The minimum absolute atomic E-state index is 0.292. The quantitative estimate of drug-likeness (QED) is 0.529. The third-order valence-corrected chi connectivity index (χ3v) is 3.24. The average molecular weight is 330 g/mol. The number of carbonyl (C=O) groups is 2. The van der Waals surface area contributed by atoms with Crippen LogP contribution in [0.25, 0.3) is 0 Å². The summed E-state index contributed by atoms with van der Waals surface area (Å²) in [5.41, 5.74) is 7.07. The van der Waals surface area contributed by atoms with Crippen LogP contribution in [0.2, 0.25) is 0 Å². The van der Waals surface area contributed by atoms with Gasteiger partial charge in [-0.25, -0.2) is 0 Å². The number of carbonyl (C=O) groups excluding carboxylic acids is 2. The number of rotatable bonds is 7. The van der Waals surface area contributed by atoms with Crippen LogP contribution in [0.4, 0.5) is 17.2 Å². The zero-order valence-corrected chi connectivity index (χ0v) is 13.7. The molecule has 0 saturated heterocycles. The number of hydrogen-bond donors (Lipinski definition) is 5. The summed E-state index contributed by atoms with van der Waals surface area (Å²) >= 11 is 0. The number of benzene rings is 1. The van der Waals surface area contributed by atoms with E-state index in [1.807, 2.05) is 6.92 Å². The maximum Gasteiger partial charge on any atom is 0.261 e. The summed E-state index contributed by atoms with van der Waals surface area (Å²) in [4.78, 5) is 24.0. The molecular weight excluding hydrogens is 308 g/mol. The molecule has 0 aliphatic carbocycles. The van der Waals surface area contributed by atoms with Crippen LogP contribution < -0.4 is 21.7 Å². The summed E-state index contributed by atoms with van der Waals surface area (Å²) in [5.74, 6) is -0.00634. The number of H-pyrrole nitrogens is 1. The molecule has 0 spiro atoms. The Morgan fingerprint density at radius 2 is 2.00 bits per heavy atom. The summed E-state index contributed by atoms with van der Waals surface area (Å²) in [6.07, 6.45) is 2.40. The SMILES string of the molecule is CCCNc1[nH]ncc1C(=O)Nc1cccc(NC(=O)[C@H](C)N)c1. The molecule has 6 N–H and O–H groups in total. The summed E-state index contributed by atoms with van der Waals surface area (Å²) in [6.45, 7) is 4.37. The number of nitrogens with zero attached hydrogens (tertiary/aromatic N) is 1. The number of nitrogens with one attached hydrogen (secondary N) is 4. The molecule has 2 amide bonds. The fourth-order valence-corrected chi connectivity index (χ4v) is 1.97. The van der Waals surface area contributed by atoms with Crippen molar-refractivity contribution in [3.05, 3.63) is 36.0 Å². The van der Waals surface area contributed by atoms with E-state index in [2.05, 4.69) is 26.1 Å². The summed E-state index contributed by atoms with van der Waals surface area (Å²) in [6, 6.07) is 6.25. The normalized spacial score (nSPS) is 11.6. The minimum atomic E-state index is -0.610. The molecule has 128 valence electrons. The lowest BCUT2D eigenvalue weighted by Gasteiger charge is -2.10.